The van der Waals surface area contributed by atoms with E-state index in [0.29, 0.717) is 18.5 Å². The number of carbonyl (C=O) groups is 1. The summed E-state index contributed by atoms with van der Waals surface area (Å²) in [5.41, 5.74) is 2.69. The monoisotopic (exact) mass is 206 g/mol. The van der Waals surface area contributed by atoms with Crippen molar-refractivity contribution in [3.63, 3.8) is 0 Å². The summed E-state index contributed by atoms with van der Waals surface area (Å²) in [5.74, 6) is 4.79. The van der Waals surface area contributed by atoms with Crippen molar-refractivity contribution in [2.45, 2.75) is 25.8 Å². The number of carbonyl (C=O) groups excluding carboxylic acids is 1. The van der Waals surface area contributed by atoms with Crippen molar-refractivity contribution < 1.29 is 4.79 Å². The van der Waals surface area contributed by atoms with Crippen molar-refractivity contribution in [2.24, 2.45) is 5.84 Å². The smallest absolute Gasteiger partial charge is 0.233 e. The predicted octanol–water partition coefficient (Wildman–Crippen LogP) is 0.691. The van der Waals surface area contributed by atoms with E-state index >= 15 is 0 Å². The van der Waals surface area contributed by atoms with Crippen LogP contribution in [0.3, 0.4) is 0 Å². The van der Waals surface area contributed by atoms with E-state index in [1.165, 1.54) is 0 Å². The molecule has 0 radical (unpaired) electrons. The van der Waals surface area contributed by atoms with E-state index in [9.17, 15) is 4.79 Å². The third-order valence-electron chi connectivity index (χ3n) is 2.32. The summed E-state index contributed by atoms with van der Waals surface area (Å²) in [6.45, 7) is 1.96. The predicted molar refractivity (Wildman–Crippen MR) is 55.4 cm³/mol. The summed E-state index contributed by atoms with van der Waals surface area (Å²) in [7, 11) is 0. The molecule has 1 aromatic heterocycles. The number of aromatic nitrogens is 1. The molecule has 0 aliphatic rings. The lowest BCUT2D eigenvalue weighted by molar-refractivity contribution is -0.121. The zero-order chi connectivity index (χ0) is 11.3. The molecule has 0 saturated heterocycles. The minimum Gasteiger partial charge on any atom is -0.337 e. The van der Waals surface area contributed by atoms with Crippen molar-refractivity contribution in [1.82, 2.24) is 9.99 Å². The second-order valence-corrected chi connectivity index (χ2v) is 3.37. The Morgan fingerprint density at radius 3 is 3.13 bits per heavy atom. The lowest BCUT2D eigenvalue weighted by Gasteiger charge is -2.14. The molecule has 80 valence electrons. The van der Waals surface area contributed by atoms with Crippen LogP contribution in [0.25, 0.3) is 0 Å². The van der Waals surface area contributed by atoms with Gasteiger partial charge in [0.05, 0.1) is 0 Å². The second kappa shape index (κ2) is 5.17. The van der Waals surface area contributed by atoms with Crippen LogP contribution in [0.4, 0.5) is 0 Å². The first kappa shape index (κ1) is 11.3. The van der Waals surface area contributed by atoms with Gasteiger partial charge in [0.15, 0.2) is 0 Å². The minimum absolute atomic E-state index is 0.118. The van der Waals surface area contributed by atoms with E-state index in [0.717, 1.165) is 0 Å². The van der Waals surface area contributed by atoms with Crippen molar-refractivity contribution in [1.29, 1.82) is 5.26 Å². The Kier molecular flexibility index (Phi) is 3.89. The molecular weight excluding hydrogens is 192 g/mol. The SMILES string of the molecule is CC(CCC(=O)NN)n1cccc1C#N. The average Bonchev–Trinajstić information content (AvgIpc) is 2.73. The molecule has 0 fully saturated rings. The largest absolute Gasteiger partial charge is 0.337 e. The van der Waals surface area contributed by atoms with Gasteiger partial charge < -0.3 is 4.57 Å². The molecule has 3 N–H and O–H groups in total. The average molecular weight is 206 g/mol. The number of nitrogens with zero attached hydrogens (tertiary/aromatic N) is 2. The van der Waals surface area contributed by atoms with Crippen molar-refractivity contribution in [2.75, 3.05) is 0 Å². The molecule has 1 atom stereocenters. The molecule has 1 heterocycles. The van der Waals surface area contributed by atoms with Crippen LogP contribution >= 0.6 is 0 Å². The van der Waals surface area contributed by atoms with E-state index in [1.54, 1.807) is 6.07 Å². The highest BCUT2D eigenvalue weighted by Gasteiger charge is 2.09. The van der Waals surface area contributed by atoms with Gasteiger partial charge in [-0.2, -0.15) is 5.26 Å². The number of hydrogen-bond donors (Lipinski definition) is 2. The second-order valence-electron chi connectivity index (χ2n) is 3.37. The lowest BCUT2D eigenvalue weighted by atomic mass is 10.1. The van der Waals surface area contributed by atoms with Crippen LogP contribution in [0.2, 0.25) is 0 Å². The van der Waals surface area contributed by atoms with Gasteiger partial charge in [0.1, 0.15) is 11.8 Å². The van der Waals surface area contributed by atoms with Gasteiger partial charge in [0.25, 0.3) is 0 Å². The fraction of sp³-hybridized carbons (Fsp3) is 0.400. The third kappa shape index (κ3) is 2.82. The molecule has 15 heavy (non-hydrogen) atoms. The Bertz CT molecular complexity index is 377. The van der Waals surface area contributed by atoms with Crippen LogP contribution in [0, 0.1) is 11.3 Å². The van der Waals surface area contributed by atoms with Crippen molar-refractivity contribution >= 4 is 5.91 Å². The molecular formula is C10H14N4O. The molecule has 0 aromatic carbocycles. The van der Waals surface area contributed by atoms with Gasteiger partial charge in [0.2, 0.25) is 5.91 Å². The standard InChI is InChI=1S/C10H14N4O/c1-8(4-5-10(15)13-12)14-6-2-3-9(14)7-11/h2-3,6,8H,4-5,12H2,1H3,(H,13,15). The number of hydrogen-bond acceptors (Lipinski definition) is 3. The zero-order valence-corrected chi connectivity index (χ0v) is 8.60. The molecule has 1 rings (SSSR count). The number of hydrazine groups is 1. The summed E-state index contributed by atoms with van der Waals surface area (Å²) in [5, 5.41) is 8.81. The van der Waals surface area contributed by atoms with E-state index < -0.39 is 0 Å². The number of nitriles is 1. The van der Waals surface area contributed by atoms with Gasteiger partial charge in [-0.25, -0.2) is 5.84 Å². The Morgan fingerprint density at radius 2 is 2.53 bits per heavy atom. The Hall–Kier alpha value is -1.80. The van der Waals surface area contributed by atoms with Gasteiger partial charge in [0, 0.05) is 18.7 Å². The van der Waals surface area contributed by atoms with E-state index in [4.69, 9.17) is 11.1 Å². The molecule has 1 aromatic rings. The first-order valence-electron chi connectivity index (χ1n) is 4.75. The van der Waals surface area contributed by atoms with Crippen LogP contribution in [0.5, 0.6) is 0 Å². The summed E-state index contributed by atoms with van der Waals surface area (Å²) in [6, 6.07) is 5.78. The van der Waals surface area contributed by atoms with Gasteiger partial charge in [-0.1, -0.05) is 0 Å². The zero-order valence-electron chi connectivity index (χ0n) is 8.60. The number of amides is 1. The van der Waals surface area contributed by atoms with Gasteiger partial charge in [-0.05, 0) is 25.5 Å². The first-order chi connectivity index (χ1) is 7.19. The molecule has 1 unspecified atom stereocenters. The molecule has 1 amide bonds. The topological polar surface area (TPSA) is 83.8 Å². The molecule has 0 aliphatic carbocycles. The van der Waals surface area contributed by atoms with E-state index in [1.807, 2.05) is 23.8 Å². The number of nitrogens with two attached hydrogens (primary N) is 1. The normalized spacial score (nSPS) is 11.8. The molecule has 5 nitrogen and oxygen atoms in total. The lowest BCUT2D eigenvalue weighted by Crippen LogP contribution is -2.30. The maximum absolute atomic E-state index is 10.9. The van der Waals surface area contributed by atoms with E-state index in [2.05, 4.69) is 11.5 Å². The maximum Gasteiger partial charge on any atom is 0.233 e. The van der Waals surface area contributed by atoms with Gasteiger partial charge in [-0.3, -0.25) is 10.2 Å². The van der Waals surface area contributed by atoms with Crippen LogP contribution in [-0.2, 0) is 4.79 Å². The van der Waals surface area contributed by atoms with Crippen molar-refractivity contribution in [3.8, 4) is 6.07 Å². The number of rotatable bonds is 4. The summed E-state index contributed by atoms with van der Waals surface area (Å²) >= 11 is 0. The Balaban J connectivity index is 2.58. The van der Waals surface area contributed by atoms with Crippen LogP contribution < -0.4 is 11.3 Å². The molecule has 0 saturated carbocycles. The van der Waals surface area contributed by atoms with Crippen LogP contribution in [-0.4, -0.2) is 10.5 Å². The molecule has 0 aliphatic heterocycles. The third-order valence-corrected chi connectivity index (χ3v) is 2.32. The Morgan fingerprint density at radius 1 is 1.80 bits per heavy atom. The highest BCUT2D eigenvalue weighted by molar-refractivity contribution is 5.75. The highest BCUT2D eigenvalue weighted by atomic mass is 16.2. The first-order valence-corrected chi connectivity index (χ1v) is 4.75. The summed E-state index contributed by atoms with van der Waals surface area (Å²) < 4.78 is 1.85. The molecule has 5 heteroatoms. The van der Waals surface area contributed by atoms with Crippen LogP contribution in [0.1, 0.15) is 31.5 Å². The quantitative estimate of drug-likeness (QED) is 0.432. The van der Waals surface area contributed by atoms with E-state index in [-0.39, 0.29) is 11.9 Å². The summed E-state index contributed by atoms with van der Waals surface area (Å²) in [4.78, 5) is 10.9. The molecule has 0 bridgehead atoms. The fourth-order valence-electron chi connectivity index (χ4n) is 1.42. The maximum atomic E-state index is 10.9. The van der Waals surface area contributed by atoms with Crippen LogP contribution in [0.15, 0.2) is 18.3 Å². The Labute approximate surface area is 88.5 Å². The highest BCUT2D eigenvalue weighted by Crippen LogP contribution is 2.15. The van der Waals surface area contributed by atoms with Gasteiger partial charge >= 0.3 is 0 Å². The fourth-order valence-corrected chi connectivity index (χ4v) is 1.42. The van der Waals surface area contributed by atoms with Gasteiger partial charge in [-0.15, -0.1) is 0 Å². The number of nitrogens with one attached hydrogen (secondary N) is 1. The minimum atomic E-state index is -0.187. The van der Waals surface area contributed by atoms with Crippen molar-refractivity contribution in [3.05, 3.63) is 24.0 Å². The summed E-state index contributed by atoms with van der Waals surface area (Å²) in [6.07, 6.45) is 2.86. The molecule has 0 spiro atoms.